The summed E-state index contributed by atoms with van der Waals surface area (Å²) in [5.41, 5.74) is 0.770. The van der Waals surface area contributed by atoms with Crippen LogP contribution in [0.3, 0.4) is 0 Å². The molecule has 1 aromatic rings. The molecule has 196 valence electrons. The van der Waals surface area contributed by atoms with Crippen molar-refractivity contribution in [3.05, 3.63) is 35.9 Å². The van der Waals surface area contributed by atoms with Gasteiger partial charge in [0, 0.05) is 6.54 Å². The first kappa shape index (κ1) is 28.4. The van der Waals surface area contributed by atoms with E-state index in [9.17, 15) is 32.7 Å². The van der Waals surface area contributed by atoms with Crippen molar-refractivity contribution in [2.75, 3.05) is 6.54 Å². The monoisotopic (exact) mass is 501 g/mol. The molecule has 0 radical (unpaired) electrons. The topological polar surface area (TPSA) is 108 Å². The number of alkyl carbamates (subject to hydrolysis) is 1. The summed E-state index contributed by atoms with van der Waals surface area (Å²) in [6.07, 6.45) is -7.70. The molecule has 1 aliphatic heterocycles. The summed E-state index contributed by atoms with van der Waals surface area (Å²) >= 11 is 0. The molecule has 4 unspecified atom stereocenters. The second kappa shape index (κ2) is 12.2. The molecule has 1 saturated heterocycles. The van der Waals surface area contributed by atoms with Gasteiger partial charge in [-0.3, -0.25) is 9.59 Å². The van der Waals surface area contributed by atoms with Crippen LogP contribution in [0.1, 0.15) is 46.1 Å². The van der Waals surface area contributed by atoms with Crippen LogP contribution in [0, 0.1) is 11.8 Å². The average Bonchev–Trinajstić information content (AvgIpc) is 3.28. The van der Waals surface area contributed by atoms with Crippen molar-refractivity contribution in [2.24, 2.45) is 11.8 Å². The molecule has 0 aliphatic carbocycles. The third kappa shape index (κ3) is 7.84. The summed E-state index contributed by atoms with van der Waals surface area (Å²) in [4.78, 5) is 39.8. The van der Waals surface area contributed by atoms with E-state index in [1.54, 1.807) is 38.1 Å². The fourth-order valence-corrected chi connectivity index (χ4v) is 3.96. The van der Waals surface area contributed by atoms with Crippen LogP contribution in [0.25, 0.3) is 0 Å². The van der Waals surface area contributed by atoms with Gasteiger partial charge >= 0.3 is 12.3 Å². The predicted molar refractivity (Wildman–Crippen MR) is 122 cm³/mol. The van der Waals surface area contributed by atoms with Gasteiger partial charge in [0.05, 0.1) is 6.04 Å². The molecular formula is C24H34F3N3O5. The number of nitrogens with zero attached hydrogens (tertiary/aromatic N) is 1. The van der Waals surface area contributed by atoms with Gasteiger partial charge in [-0.1, -0.05) is 58.0 Å². The maximum absolute atomic E-state index is 13.3. The van der Waals surface area contributed by atoms with Crippen molar-refractivity contribution in [1.29, 1.82) is 0 Å². The zero-order valence-electron chi connectivity index (χ0n) is 20.3. The molecule has 1 fully saturated rings. The predicted octanol–water partition coefficient (Wildman–Crippen LogP) is 2.99. The van der Waals surface area contributed by atoms with Crippen LogP contribution < -0.4 is 10.6 Å². The number of rotatable bonds is 9. The van der Waals surface area contributed by atoms with Crippen molar-refractivity contribution >= 4 is 17.9 Å². The standard InChI is InChI=1S/C24H34F3N3O5/c1-14(2)18(20(31)24(25,26)27)28-21(32)17-11-8-12-30(17)22(33)19(15(3)4)29-23(34)35-13-16-9-6-5-7-10-16/h5-7,9-10,14-15,17-20,31H,8,11-13H2,1-4H3,(H,28,32)(H,29,34). The number of aliphatic hydroxyl groups excluding tert-OH is 1. The molecule has 35 heavy (non-hydrogen) atoms. The number of amides is 3. The van der Waals surface area contributed by atoms with Crippen LogP contribution in [0.4, 0.5) is 18.0 Å². The molecule has 0 aromatic heterocycles. The highest BCUT2D eigenvalue weighted by atomic mass is 19.4. The SMILES string of the molecule is CC(C)C(NC(=O)OCc1ccccc1)C(=O)N1CCCC1C(=O)NC(C(C)C)C(O)C(F)(F)F. The highest BCUT2D eigenvalue weighted by Gasteiger charge is 2.47. The molecule has 2 rings (SSSR count). The Bertz CT molecular complexity index is 864. The molecule has 4 atom stereocenters. The van der Waals surface area contributed by atoms with Crippen LogP contribution >= 0.6 is 0 Å². The van der Waals surface area contributed by atoms with Crippen molar-refractivity contribution in [2.45, 2.75) is 77.5 Å². The van der Waals surface area contributed by atoms with Crippen molar-refractivity contribution in [3.63, 3.8) is 0 Å². The molecule has 0 saturated carbocycles. The molecule has 3 amide bonds. The third-order valence-corrected chi connectivity index (χ3v) is 5.96. The minimum absolute atomic E-state index is 0.0124. The lowest BCUT2D eigenvalue weighted by atomic mass is 9.97. The van der Waals surface area contributed by atoms with Crippen LogP contribution in [-0.4, -0.2) is 64.9 Å². The molecular weight excluding hydrogens is 467 g/mol. The quantitative estimate of drug-likeness (QED) is 0.482. The summed E-state index contributed by atoms with van der Waals surface area (Å²) in [6.45, 7) is 6.58. The largest absolute Gasteiger partial charge is 0.445 e. The molecule has 11 heteroatoms. The molecule has 1 aromatic carbocycles. The van der Waals surface area contributed by atoms with Crippen LogP contribution in [-0.2, 0) is 20.9 Å². The minimum atomic E-state index is -4.90. The molecule has 1 heterocycles. The van der Waals surface area contributed by atoms with Gasteiger partial charge in [-0.2, -0.15) is 13.2 Å². The zero-order valence-corrected chi connectivity index (χ0v) is 20.3. The number of aliphatic hydroxyl groups is 1. The number of benzene rings is 1. The Balaban J connectivity index is 2.07. The summed E-state index contributed by atoms with van der Waals surface area (Å²) in [7, 11) is 0. The number of nitrogens with one attached hydrogen (secondary N) is 2. The molecule has 1 aliphatic rings. The number of halogens is 3. The number of hydrogen-bond acceptors (Lipinski definition) is 5. The lowest BCUT2D eigenvalue weighted by Crippen LogP contribution is -2.59. The smallest absolute Gasteiger partial charge is 0.416 e. The van der Waals surface area contributed by atoms with Crippen LogP contribution in [0.15, 0.2) is 30.3 Å². The number of carbonyl (C=O) groups excluding carboxylic acids is 3. The first-order valence-corrected chi connectivity index (χ1v) is 11.7. The van der Waals surface area contributed by atoms with Gasteiger partial charge in [0.15, 0.2) is 6.10 Å². The highest BCUT2D eigenvalue weighted by molar-refractivity contribution is 5.92. The lowest BCUT2D eigenvalue weighted by Gasteiger charge is -2.33. The van der Waals surface area contributed by atoms with E-state index >= 15 is 0 Å². The zero-order chi connectivity index (χ0) is 26.3. The van der Waals surface area contributed by atoms with E-state index in [0.29, 0.717) is 6.42 Å². The van der Waals surface area contributed by atoms with Crippen molar-refractivity contribution in [1.82, 2.24) is 15.5 Å². The van der Waals surface area contributed by atoms with E-state index in [-0.39, 0.29) is 25.5 Å². The van der Waals surface area contributed by atoms with Crippen molar-refractivity contribution in [3.8, 4) is 0 Å². The van der Waals surface area contributed by atoms with E-state index < -0.39 is 54.2 Å². The number of likely N-dealkylation sites (tertiary alicyclic amines) is 1. The van der Waals surface area contributed by atoms with Gasteiger partial charge in [-0.15, -0.1) is 0 Å². The Morgan fingerprint density at radius 3 is 2.26 bits per heavy atom. The second-order valence-corrected chi connectivity index (χ2v) is 9.38. The van der Waals surface area contributed by atoms with Gasteiger partial charge in [0.1, 0.15) is 18.7 Å². The van der Waals surface area contributed by atoms with E-state index in [4.69, 9.17) is 4.74 Å². The van der Waals surface area contributed by atoms with Crippen LogP contribution in [0.2, 0.25) is 0 Å². The summed E-state index contributed by atoms with van der Waals surface area (Å²) in [5.74, 6) is -2.34. The highest BCUT2D eigenvalue weighted by Crippen LogP contribution is 2.27. The maximum Gasteiger partial charge on any atom is 0.416 e. The Kier molecular flexibility index (Phi) is 9.93. The Morgan fingerprint density at radius 2 is 1.71 bits per heavy atom. The Morgan fingerprint density at radius 1 is 1.09 bits per heavy atom. The molecule has 8 nitrogen and oxygen atoms in total. The van der Waals surface area contributed by atoms with E-state index in [0.717, 1.165) is 5.56 Å². The van der Waals surface area contributed by atoms with Gasteiger partial charge in [0.25, 0.3) is 0 Å². The fourth-order valence-electron chi connectivity index (χ4n) is 3.96. The van der Waals surface area contributed by atoms with E-state index in [1.165, 1.54) is 18.7 Å². The minimum Gasteiger partial charge on any atom is -0.445 e. The van der Waals surface area contributed by atoms with Crippen molar-refractivity contribution < 1.29 is 37.4 Å². The summed E-state index contributed by atoms with van der Waals surface area (Å²) < 4.78 is 44.4. The first-order chi connectivity index (χ1) is 16.3. The van der Waals surface area contributed by atoms with Crippen LogP contribution in [0.5, 0.6) is 0 Å². The molecule has 3 N–H and O–H groups in total. The van der Waals surface area contributed by atoms with E-state index in [2.05, 4.69) is 10.6 Å². The number of carbonyl (C=O) groups is 3. The molecule has 0 bridgehead atoms. The lowest BCUT2D eigenvalue weighted by molar-refractivity contribution is -0.215. The normalized spacial score (nSPS) is 18.8. The molecule has 0 spiro atoms. The summed E-state index contributed by atoms with van der Waals surface area (Å²) in [6, 6.07) is 5.43. The average molecular weight is 502 g/mol. The Hall–Kier alpha value is -2.82. The van der Waals surface area contributed by atoms with Gasteiger partial charge < -0.3 is 25.4 Å². The van der Waals surface area contributed by atoms with Gasteiger partial charge in [-0.25, -0.2) is 4.79 Å². The fraction of sp³-hybridized carbons (Fsp3) is 0.625. The van der Waals surface area contributed by atoms with Gasteiger partial charge in [-0.05, 0) is 30.2 Å². The van der Waals surface area contributed by atoms with E-state index in [1.807, 2.05) is 6.07 Å². The third-order valence-electron chi connectivity index (χ3n) is 5.96. The maximum atomic E-state index is 13.3. The number of hydrogen-bond donors (Lipinski definition) is 3. The van der Waals surface area contributed by atoms with Gasteiger partial charge in [0.2, 0.25) is 11.8 Å². The number of alkyl halides is 3. The number of ether oxygens (including phenoxy) is 1. The Labute approximate surface area is 203 Å². The summed E-state index contributed by atoms with van der Waals surface area (Å²) in [5, 5.41) is 14.5. The first-order valence-electron chi connectivity index (χ1n) is 11.7. The second-order valence-electron chi connectivity index (χ2n) is 9.38.